The maximum atomic E-state index is 12.3. The van der Waals surface area contributed by atoms with Crippen molar-refractivity contribution in [3.8, 4) is 0 Å². The second-order valence-electron chi connectivity index (χ2n) is 5.21. The predicted molar refractivity (Wildman–Crippen MR) is 95.2 cm³/mol. The van der Waals surface area contributed by atoms with Crippen molar-refractivity contribution < 1.29 is 4.79 Å². The van der Waals surface area contributed by atoms with Crippen LogP contribution in [-0.4, -0.2) is 44.8 Å². The Morgan fingerprint density at radius 1 is 1.48 bits per heavy atom. The van der Waals surface area contributed by atoms with Crippen molar-refractivity contribution in [1.29, 1.82) is 0 Å². The number of nitrogens with zero attached hydrogens (tertiary/aromatic N) is 4. The Kier molecular flexibility index (Phi) is 5.98. The number of carbonyl (C=O) groups excluding carboxylic acids is 1. The lowest BCUT2D eigenvalue weighted by Crippen LogP contribution is -2.39. The third kappa shape index (κ3) is 4.50. The molecule has 0 spiro atoms. The van der Waals surface area contributed by atoms with Crippen molar-refractivity contribution in [2.24, 2.45) is 0 Å². The molecule has 2 aromatic rings. The summed E-state index contributed by atoms with van der Waals surface area (Å²) in [5.41, 5.74) is 0. The average molecular weight is 370 g/mol. The Bertz CT molecular complexity index is 630. The van der Waals surface area contributed by atoms with Gasteiger partial charge in [0, 0.05) is 11.6 Å². The van der Waals surface area contributed by atoms with Crippen LogP contribution < -0.4 is 5.32 Å². The van der Waals surface area contributed by atoms with Crippen LogP contribution >= 0.6 is 34.4 Å². The smallest absolute Gasteiger partial charge is 0.240 e. The molecular weight excluding hydrogens is 350 g/mol. The summed E-state index contributed by atoms with van der Waals surface area (Å²) in [7, 11) is 0. The number of carbonyl (C=O) groups is 1. The van der Waals surface area contributed by atoms with Gasteiger partial charge in [0.25, 0.3) is 0 Å². The van der Waals surface area contributed by atoms with Crippen LogP contribution in [0.25, 0.3) is 0 Å². The van der Waals surface area contributed by atoms with E-state index in [0.717, 1.165) is 34.5 Å². The molecule has 1 fully saturated rings. The van der Waals surface area contributed by atoms with Crippen LogP contribution in [-0.2, 0) is 4.79 Å². The van der Waals surface area contributed by atoms with E-state index >= 15 is 0 Å². The number of hydrogen-bond donors (Lipinski definition) is 1. The molecule has 3 rings (SSSR count). The first-order chi connectivity index (χ1) is 11.3. The van der Waals surface area contributed by atoms with Gasteiger partial charge in [-0.2, -0.15) is 0 Å². The van der Waals surface area contributed by atoms with E-state index in [1.54, 1.807) is 23.1 Å². The van der Waals surface area contributed by atoms with E-state index in [-0.39, 0.29) is 11.9 Å². The summed E-state index contributed by atoms with van der Waals surface area (Å²) in [6.07, 6.45) is 5.22. The molecule has 1 N–H and O–H groups in total. The highest BCUT2D eigenvalue weighted by molar-refractivity contribution is 8.01. The summed E-state index contributed by atoms with van der Waals surface area (Å²) in [6.45, 7) is 3.38. The van der Waals surface area contributed by atoms with E-state index < -0.39 is 0 Å². The first-order valence-electron chi connectivity index (χ1n) is 7.66. The van der Waals surface area contributed by atoms with E-state index in [2.05, 4.69) is 32.3 Å². The number of thioether (sulfide) groups is 1. The zero-order chi connectivity index (χ0) is 16.1. The number of likely N-dealkylation sites (tertiary alicyclic amines) is 1. The van der Waals surface area contributed by atoms with Crippen molar-refractivity contribution >= 4 is 45.5 Å². The monoisotopic (exact) mass is 369 g/mol. The molecule has 1 atom stereocenters. The van der Waals surface area contributed by atoms with Gasteiger partial charge in [-0.15, -0.1) is 21.5 Å². The molecule has 3 heterocycles. The summed E-state index contributed by atoms with van der Waals surface area (Å²) < 4.78 is 0.890. The first-order valence-corrected chi connectivity index (χ1v) is 10.3. The normalized spacial score (nSPS) is 18.9. The molecule has 0 aliphatic carbocycles. The number of hydrogen-bond acceptors (Lipinski definition) is 8. The number of rotatable bonds is 6. The van der Waals surface area contributed by atoms with E-state index in [1.165, 1.54) is 17.8 Å². The summed E-state index contributed by atoms with van der Waals surface area (Å²) in [6, 6.07) is 0.259. The van der Waals surface area contributed by atoms with E-state index in [0.29, 0.717) is 11.7 Å². The Morgan fingerprint density at radius 2 is 2.39 bits per heavy atom. The van der Waals surface area contributed by atoms with Crippen molar-refractivity contribution in [3.05, 3.63) is 16.6 Å². The minimum atomic E-state index is -0.0299. The quantitative estimate of drug-likeness (QED) is 0.622. The van der Waals surface area contributed by atoms with Gasteiger partial charge in [-0.1, -0.05) is 36.4 Å². The van der Waals surface area contributed by atoms with E-state index in [1.807, 2.05) is 11.6 Å². The second kappa shape index (κ2) is 8.18. The maximum Gasteiger partial charge on any atom is 0.240 e. The van der Waals surface area contributed by atoms with Gasteiger partial charge in [0.15, 0.2) is 4.34 Å². The van der Waals surface area contributed by atoms with Crippen LogP contribution in [0.3, 0.4) is 0 Å². The molecule has 1 saturated heterocycles. The highest BCUT2D eigenvalue weighted by Crippen LogP contribution is 2.32. The minimum absolute atomic E-state index is 0.0299. The molecule has 9 heteroatoms. The SMILES string of the molecule is CCSc1nnc(NC(=O)CN2CCCC[C@H]2c2nccs2)s1. The largest absolute Gasteiger partial charge is 0.299 e. The van der Waals surface area contributed by atoms with Crippen LogP contribution in [0.4, 0.5) is 5.13 Å². The molecule has 124 valence electrons. The van der Waals surface area contributed by atoms with Crippen LogP contribution in [0.1, 0.15) is 37.2 Å². The molecular formula is C14H19N5OS3. The average Bonchev–Trinajstić information content (AvgIpc) is 3.20. The van der Waals surface area contributed by atoms with E-state index in [4.69, 9.17) is 0 Å². The lowest BCUT2D eigenvalue weighted by atomic mass is 10.0. The molecule has 1 aliphatic heterocycles. The van der Waals surface area contributed by atoms with Gasteiger partial charge >= 0.3 is 0 Å². The first kappa shape index (κ1) is 16.8. The van der Waals surface area contributed by atoms with Gasteiger partial charge in [-0.25, -0.2) is 4.98 Å². The fraction of sp³-hybridized carbons (Fsp3) is 0.571. The third-order valence-electron chi connectivity index (χ3n) is 3.62. The van der Waals surface area contributed by atoms with Crippen LogP contribution in [0.2, 0.25) is 0 Å². The van der Waals surface area contributed by atoms with Gasteiger partial charge in [0.2, 0.25) is 11.0 Å². The van der Waals surface area contributed by atoms with Gasteiger partial charge < -0.3 is 0 Å². The molecule has 0 radical (unpaired) electrons. The van der Waals surface area contributed by atoms with Gasteiger partial charge in [-0.3, -0.25) is 15.0 Å². The molecule has 0 aromatic carbocycles. The molecule has 1 amide bonds. The highest BCUT2D eigenvalue weighted by atomic mass is 32.2. The molecule has 0 bridgehead atoms. The molecule has 1 aliphatic rings. The van der Waals surface area contributed by atoms with Gasteiger partial charge in [-0.05, 0) is 25.1 Å². The van der Waals surface area contributed by atoms with Gasteiger partial charge in [0.1, 0.15) is 5.01 Å². The van der Waals surface area contributed by atoms with E-state index in [9.17, 15) is 4.79 Å². The van der Waals surface area contributed by atoms with Crippen LogP contribution in [0, 0.1) is 0 Å². The number of thiazole rings is 1. The van der Waals surface area contributed by atoms with Crippen molar-refractivity contribution in [2.75, 3.05) is 24.2 Å². The number of piperidine rings is 1. The molecule has 0 unspecified atom stereocenters. The summed E-state index contributed by atoms with van der Waals surface area (Å²) in [5, 5.41) is 14.6. The number of aromatic nitrogens is 3. The Hall–Kier alpha value is -1.03. The lowest BCUT2D eigenvalue weighted by Gasteiger charge is -2.33. The summed E-state index contributed by atoms with van der Waals surface area (Å²) in [5.74, 6) is 0.920. The Labute approximate surface area is 147 Å². The molecule has 2 aromatic heterocycles. The second-order valence-corrected chi connectivity index (χ2v) is 8.62. The zero-order valence-corrected chi connectivity index (χ0v) is 15.3. The number of nitrogens with one attached hydrogen (secondary N) is 1. The fourth-order valence-electron chi connectivity index (χ4n) is 2.64. The third-order valence-corrected chi connectivity index (χ3v) is 6.35. The van der Waals surface area contributed by atoms with Gasteiger partial charge in [0.05, 0.1) is 12.6 Å². The maximum absolute atomic E-state index is 12.3. The standard InChI is InChI=1S/C14H19N5OS3/c1-2-21-14-18-17-13(23-14)16-11(20)9-19-7-4-3-5-10(19)12-15-6-8-22-12/h6,8,10H,2-5,7,9H2,1H3,(H,16,17,20)/t10-/m0/s1. The molecule has 6 nitrogen and oxygen atoms in total. The fourth-order valence-corrected chi connectivity index (χ4v) is 5.12. The van der Waals surface area contributed by atoms with Crippen molar-refractivity contribution in [1.82, 2.24) is 20.1 Å². The van der Waals surface area contributed by atoms with Crippen molar-refractivity contribution in [2.45, 2.75) is 36.6 Å². The number of amides is 1. The zero-order valence-electron chi connectivity index (χ0n) is 12.9. The Morgan fingerprint density at radius 3 is 3.17 bits per heavy atom. The topological polar surface area (TPSA) is 71.0 Å². The number of anilines is 1. The minimum Gasteiger partial charge on any atom is -0.299 e. The summed E-state index contributed by atoms with van der Waals surface area (Å²) >= 11 is 4.73. The Balaban J connectivity index is 1.59. The molecule has 0 saturated carbocycles. The van der Waals surface area contributed by atoms with Crippen LogP contribution in [0.15, 0.2) is 15.9 Å². The van der Waals surface area contributed by atoms with Crippen LogP contribution in [0.5, 0.6) is 0 Å². The lowest BCUT2D eigenvalue weighted by molar-refractivity contribution is -0.118. The molecule has 23 heavy (non-hydrogen) atoms. The summed E-state index contributed by atoms with van der Waals surface area (Å²) in [4.78, 5) is 19.0. The predicted octanol–water partition coefficient (Wildman–Crippen LogP) is 3.27. The van der Waals surface area contributed by atoms with Crippen molar-refractivity contribution in [3.63, 3.8) is 0 Å². The highest BCUT2D eigenvalue weighted by Gasteiger charge is 2.27.